The topological polar surface area (TPSA) is 45.0 Å². The van der Waals surface area contributed by atoms with E-state index in [9.17, 15) is 4.39 Å². The molecule has 0 heterocycles. The summed E-state index contributed by atoms with van der Waals surface area (Å²) in [5.74, 6) is 0.341. The van der Waals surface area contributed by atoms with Crippen molar-refractivity contribution >= 4 is 0 Å². The zero-order valence-corrected chi connectivity index (χ0v) is 11.2. The van der Waals surface area contributed by atoms with Gasteiger partial charge in [-0.25, -0.2) is 4.39 Å². The maximum Gasteiger partial charge on any atom is 0.145 e. The van der Waals surface area contributed by atoms with Crippen molar-refractivity contribution in [3.05, 3.63) is 65.0 Å². The highest BCUT2D eigenvalue weighted by molar-refractivity contribution is 5.35. The van der Waals surface area contributed by atoms with E-state index >= 15 is 0 Å². The molecule has 0 unspecified atom stereocenters. The van der Waals surface area contributed by atoms with E-state index < -0.39 is 5.82 Å². The summed E-state index contributed by atoms with van der Waals surface area (Å²) in [6, 6.07) is 14.3. The summed E-state index contributed by atoms with van der Waals surface area (Å²) in [4.78, 5) is 0. The van der Waals surface area contributed by atoms with E-state index in [1.165, 1.54) is 6.07 Å². The second-order valence-corrected chi connectivity index (χ2v) is 4.31. The van der Waals surface area contributed by atoms with Gasteiger partial charge < -0.3 is 10.1 Å². The number of benzene rings is 2. The lowest BCUT2D eigenvalue weighted by molar-refractivity contribution is 0.407. The molecule has 0 aliphatic heterocycles. The highest BCUT2D eigenvalue weighted by Gasteiger charge is 2.07. The number of ether oxygens (including phenoxy) is 1. The minimum Gasteiger partial charge on any atom is -0.496 e. The van der Waals surface area contributed by atoms with Crippen LogP contribution in [0.1, 0.15) is 16.7 Å². The van der Waals surface area contributed by atoms with Crippen LogP contribution in [0.3, 0.4) is 0 Å². The van der Waals surface area contributed by atoms with Gasteiger partial charge in [0.25, 0.3) is 0 Å². The van der Waals surface area contributed by atoms with E-state index in [0.717, 1.165) is 11.3 Å². The van der Waals surface area contributed by atoms with Gasteiger partial charge in [0.05, 0.1) is 12.7 Å². The number of rotatable bonds is 5. The van der Waals surface area contributed by atoms with E-state index in [-0.39, 0.29) is 5.56 Å². The molecule has 4 heteroatoms. The van der Waals surface area contributed by atoms with Gasteiger partial charge in [-0.2, -0.15) is 5.26 Å². The molecule has 0 aromatic heterocycles. The number of para-hydroxylation sites is 1. The molecule has 0 bridgehead atoms. The fourth-order valence-corrected chi connectivity index (χ4v) is 1.98. The van der Waals surface area contributed by atoms with Crippen molar-refractivity contribution < 1.29 is 9.13 Å². The van der Waals surface area contributed by atoms with Crippen LogP contribution in [-0.2, 0) is 13.1 Å². The summed E-state index contributed by atoms with van der Waals surface area (Å²) in [6.45, 7) is 0.930. The Morgan fingerprint density at radius 3 is 2.55 bits per heavy atom. The molecule has 2 rings (SSSR count). The van der Waals surface area contributed by atoms with Crippen LogP contribution in [0.15, 0.2) is 42.5 Å². The third kappa shape index (κ3) is 3.14. The molecule has 1 N–H and O–H groups in total. The Morgan fingerprint density at radius 2 is 1.80 bits per heavy atom. The van der Waals surface area contributed by atoms with Gasteiger partial charge in [-0.05, 0) is 12.1 Å². The Morgan fingerprint density at radius 1 is 1.10 bits per heavy atom. The molecule has 0 fully saturated rings. The van der Waals surface area contributed by atoms with Gasteiger partial charge in [0.2, 0.25) is 0 Å². The Labute approximate surface area is 117 Å². The van der Waals surface area contributed by atoms with Crippen molar-refractivity contribution in [3.8, 4) is 11.8 Å². The quantitative estimate of drug-likeness (QED) is 0.908. The minimum absolute atomic E-state index is 0.0709. The molecule has 0 atom stereocenters. The molecule has 2 aromatic rings. The SMILES string of the molecule is COc1ccccc1CNCc1cccc(C#N)c1F. The van der Waals surface area contributed by atoms with E-state index in [0.29, 0.717) is 18.7 Å². The van der Waals surface area contributed by atoms with Gasteiger partial charge in [-0.3, -0.25) is 0 Å². The second kappa shape index (κ2) is 6.69. The Balaban J connectivity index is 2.02. The first-order chi connectivity index (χ1) is 9.76. The van der Waals surface area contributed by atoms with E-state index in [1.54, 1.807) is 19.2 Å². The lowest BCUT2D eigenvalue weighted by atomic mass is 10.1. The molecule has 0 saturated heterocycles. The number of hydrogen-bond donors (Lipinski definition) is 1. The van der Waals surface area contributed by atoms with E-state index in [2.05, 4.69) is 5.32 Å². The van der Waals surface area contributed by atoms with Crippen LogP contribution in [0.4, 0.5) is 4.39 Å². The van der Waals surface area contributed by atoms with Gasteiger partial charge in [-0.1, -0.05) is 30.3 Å². The highest BCUT2D eigenvalue weighted by Crippen LogP contribution is 2.17. The van der Waals surface area contributed by atoms with Crippen LogP contribution in [0.25, 0.3) is 0 Å². The highest BCUT2D eigenvalue weighted by atomic mass is 19.1. The van der Waals surface area contributed by atoms with E-state index in [1.807, 2.05) is 30.3 Å². The van der Waals surface area contributed by atoms with Crippen molar-refractivity contribution in [1.29, 1.82) is 5.26 Å². The molecule has 2 aromatic carbocycles. The molecule has 0 aliphatic rings. The summed E-state index contributed by atoms with van der Waals surface area (Å²) in [5.41, 5.74) is 1.56. The molecule has 20 heavy (non-hydrogen) atoms. The molecule has 0 spiro atoms. The van der Waals surface area contributed by atoms with Gasteiger partial charge in [-0.15, -0.1) is 0 Å². The number of methoxy groups -OCH3 is 1. The van der Waals surface area contributed by atoms with Crippen molar-refractivity contribution in [1.82, 2.24) is 5.32 Å². The smallest absolute Gasteiger partial charge is 0.145 e. The zero-order chi connectivity index (χ0) is 14.4. The van der Waals surface area contributed by atoms with Crippen LogP contribution >= 0.6 is 0 Å². The molecule has 102 valence electrons. The third-order valence-electron chi connectivity index (χ3n) is 3.02. The van der Waals surface area contributed by atoms with Crippen LogP contribution < -0.4 is 10.1 Å². The van der Waals surface area contributed by atoms with Crippen LogP contribution in [0.5, 0.6) is 5.75 Å². The number of nitriles is 1. The Kier molecular flexibility index (Phi) is 4.70. The predicted octanol–water partition coefficient (Wildman–Crippen LogP) is 3.00. The maximum atomic E-state index is 13.9. The molecule has 0 amide bonds. The Hall–Kier alpha value is -2.38. The third-order valence-corrected chi connectivity index (χ3v) is 3.02. The Bertz CT molecular complexity index is 635. The fourth-order valence-electron chi connectivity index (χ4n) is 1.98. The summed E-state index contributed by atoms with van der Waals surface area (Å²) >= 11 is 0. The summed E-state index contributed by atoms with van der Waals surface area (Å²) in [7, 11) is 1.62. The van der Waals surface area contributed by atoms with Crippen LogP contribution in [0, 0.1) is 17.1 Å². The standard InChI is InChI=1S/C16H15FN2O/c1-20-15-8-3-2-5-13(15)10-19-11-14-7-4-6-12(9-18)16(14)17/h2-8,19H,10-11H2,1H3. The maximum absolute atomic E-state index is 13.9. The molecular formula is C16H15FN2O. The first kappa shape index (κ1) is 14.0. The summed E-state index contributed by atoms with van der Waals surface area (Å²) in [5, 5.41) is 11.9. The van der Waals surface area contributed by atoms with E-state index in [4.69, 9.17) is 10.00 Å². The molecule has 3 nitrogen and oxygen atoms in total. The van der Waals surface area contributed by atoms with Gasteiger partial charge in [0, 0.05) is 24.2 Å². The first-order valence-corrected chi connectivity index (χ1v) is 6.26. The van der Waals surface area contributed by atoms with Crippen LogP contribution in [-0.4, -0.2) is 7.11 Å². The lowest BCUT2D eigenvalue weighted by Gasteiger charge is -2.10. The van der Waals surface area contributed by atoms with Gasteiger partial charge in [0.1, 0.15) is 17.6 Å². The second-order valence-electron chi connectivity index (χ2n) is 4.31. The van der Waals surface area contributed by atoms with Gasteiger partial charge in [0.15, 0.2) is 0 Å². The normalized spacial score (nSPS) is 10.1. The monoisotopic (exact) mass is 270 g/mol. The molecule has 0 saturated carbocycles. The molecular weight excluding hydrogens is 255 g/mol. The number of nitrogens with one attached hydrogen (secondary N) is 1. The van der Waals surface area contributed by atoms with Crippen molar-refractivity contribution in [2.75, 3.05) is 7.11 Å². The fraction of sp³-hybridized carbons (Fsp3) is 0.188. The lowest BCUT2D eigenvalue weighted by Crippen LogP contribution is -2.14. The van der Waals surface area contributed by atoms with Crippen molar-refractivity contribution in [2.45, 2.75) is 13.1 Å². The summed E-state index contributed by atoms with van der Waals surface area (Å²) < 4.78 is 19.1. The summed E-state index contributed by atoms with van der Waals surface area (Å²) in [6.07, 6.45) is 0. The van der Waals surface area contributed by atoms with Crippen molar-refractivity contribution in [2.24, 2.45) is 0 Å². The number of hydrogen-bond acceptors (Lipinski definition) is 3. The largest absolute Gasteiger partial charge is 0.496 e. The number of nitrogens with zero attached hydrogens (tertiary/aromatic N) is 1. The predicted molar refractivity (Wildman–Crippen MR) is 74.7 cm³/mol. The minimum atomic E-state index is -0.456. The van der Waals surface area contributed by atoms with Crippen LogP contribution in [0.2, 0.25) is 0 Å². The molecule has 0 radical (unpaired) electrons. The average molecular weight is 270 g/mol. The zero-order valence-electron chi connectivity index (χ0n) is 11.2. The number of halogens is 1. The first-order valence-electron chi connectivity index (χ1n) is 6.26. The van der Waals surface area contributed by atoms with Gasteiger partial charge >= 0.3 is 0 Å². The average Bonchev–Trinajstić information content (AvgIpc) is 2.49. The van der Waals surface area contributed by atoms with Crippen molar-refractivity contribution in [3.63, 3.8) is 0 Å². The molecule has 0 aliphatic carbocycles.